The fraction of sp³-hybridized carbons (Fsp3) is 0.562. The molecule has 0 aliphatic heterocycles. The predicted octanol–water partition coefficient (Wildman–Crippen LogP) is 4.09. The quantitative estimate of drug-likeness (QED) is 0.803. The van der Waals surface area contributed by atoms with Gasteiger partial charge in [0.1, 0.15) is 10.8 Å². The van der Waals surface area contributed by atoms with Gasteiger partial charge in [0.25, 0.3) is 0 Å². The Morgan fingerprint density at radius 2 is 2.25 bits per heavy atom. The van der Waals surface area contributed by atoms with Crippen molar-refractivity contribution >= 4 is 22.9 Å². The zero-order chi connectivity index (χ0) is 14.5. The number of hydrogen-bond acceptors (Lipinski definition) is 2. The number of nitrogens with two attached hydrogens (primary N) is 1. The fourth-order valence-corrected chi connectivity index (χ4v) is 3.28. The summed E-state index contributed by atoms with van der Waals surface area (Å²) in [7, 11) is 0. The van der Waals surface area contributed by atoms with Gasteiger partial charge in [-0.3, -0.25) is 0 Å². The molecule has 0 aromatic heterocycles. The number of anilines is 1. The monoisotopic (exact) mass is 294 g/mol. The van der Waals surface area contributed by atoms with E-state index in [0.717, 1.165) is 30.5 Å². The summed E-state index contributed by atoms with van der Waals surface area (Å²) in [5, 5.41) is 3.35. The molecule has 1 aliphatic carbocycles. The molecular weight excluding hydrogens is 271 g/mol. The van der Waals surface area contributed by atoms with Crippen molar-refractivity contribution in [3.63, 3.8) is 0 Å². The first kappa shape index (κ1) is 15.2. The molecule has 4 heteroatoms. The van der Waals surface area contributed by atoms with Crippen molar-refractivity contribution < 1.29 is 4.39 Å². The van der Waals surface area contributed by atoms with E-state index in [1.165, 1.54) is 37.8 Å². The lowest BCUT2D eigenvalue weighted by Crippen LogP contribution is -2.18. The number of nitrogens with one attached hydrogen (secondary N) is 1. The molecule has 3 N–H and O–H groups in total. The molecule has 1 aromatic carbocycles. The van der Waals surface area contributed by atoms with E-state index >= 15 is 0 Å². The van der Waals surface area contributed by atoms with Gasteiger partial charge in [-0.25, -0.2) is 4.39 Å². The molecule has 2 atom stereocenters. The Labute approximate surface area is 125 Å². The van der Waals surface area contributed by atoms with E-state index < -0.39 is 0 Å². The van der Waals surface area contributed by atoms with Gasteiger partial charge >= 0.3 is 0 Å². The molecule has 20 heavy (non-hydrogen) atoms. The SMILES string of the molecule is CC1CCCC(CCNc2ccc(F)cc2C(N)=S)C1. The molecule has 2 rings (SSSR count). The lowest BCUT2D eigenvalue weighted by molar-refractivity contribution is 0.274. The van der Waals surface area contributed by atoms with Gasteiger partial charge in [-0.15, -0.1) is 0 Å². The molecule has 0 radical (unpaired) electrons. The van der Waals surface area contributed by atoms with Crippen LogP contribution in [0.2, 0.25) is 0 Å². The summed E-state index contributed by atoms with van der Waals surface area (Å²) in [5.74, 6) is 1.35. The highest BCUT2D eigenvalue weighted by molar-refractivity contribution is 7.80. The minimum Gasteiger partial charge on any atom is -0.389 e. The van der Waals surface area contributed by atoms with Gasteiger partial charge in [-0.05, 0) is 42.9 Å². The van der Waals surface area contributed by atoms with Gasteiger partial charge in [-0.2, -0.15) is 0 Å². The lowest BCUT2D eigenvalue weighted by Gasteiger charge is -2.26. The summed E-state index contributed by atoms with van der Waals surface area (Å²) in [6, 6.07) is 4.55. The highest BCUT2D eigenvalue weighted by Crippen LogP contribution is 2.30. The molecule has 110 valence electrons. The highest BCUT2D eigenvalue weighted by atomic mass is 32.1. The van der Waals surface area contributed by atoms with Crippen LogP contribution in [0, 0.1) is 17.7 Å². The van der Waals surface area contributed by atoms with Crippen molar-refractivity contribution in [3.8, 4) is 0 Å². The van der Waals surface area contributed by atoms with Crippen molar-refractivity contribution in [3.05, 3.63) is 29.6 Å². The van der Waals surface area contributed by atoms with Gasteiger partial charge in [0.05, 0.1) is 0 Å². The van der Waals surface area contributed by atoms with Crippen LogP contribution < -0.4 is 11.1 Å². The topological polar surface area (TPSA) is 38.0 Å². The third-order valence-corrected chi connectivity index (χ3v) is 4.38. The zero-order valence-corrected chi connectivity index (χ0v) is 12.8. The van der Waals surface area contributed by atoms with E-state index in [1.807, 2.05) is 0 Å². The summed E-state index contributed by atoms with van der Waals surface area (Å²) < 4.78 is 13.2. The van der Waals surface area contributed by atoms with Crippen molar-refractivity contribution in [2.24, 2.45) is 17.6 Å². The average Bonchev–Trinajstić information content (AvgIpc) is 2.40. The van der Waals surface area contributed by atoms with Crippen LogP contribution in [0.15, 0.2) is 18.2 Å². The van der Waals surface area contributed by atoms with Gasteiger partial charge in [0.2, 0.25) is 0 Å². The molecule has 0 bridgehead atoms. The Morgan fingerprint density at radius 3 is 2.95 bits per heavy atom. The molecule has 1 aromatic rings. The van der Waals surface area contributed by atoms with E-state index in [2.05, 4.69) is 12.2 Å². The Balaban J connectivity index is 1.89. The Morgan fingerprint density at radius 1 is 1.45 bits per heavy atom. The average molecular weight is 294 g/mol. The van der Waals surface area contributed by atoms with Gasteiger partial charge < -0.3 is 11.1 Å². The molecule has 0 spiro atoms. The minimum atomic E-state index is -0.306. The summed E-state index contributed by atoms with van der Waals surface area (Å²) in [6.45, 7) is 3.23. The highest BCUT2D eigenvalue weighted by Gasteiger charge is 2.18. The van der Waals surface area contributed by atoms with Gasteiger partial charge in [0, 0.05) is 17.8 Å². The number of thiocarbonyl (C=S) groups is 1. The maximum atomic E-state index is 13.2. The Hall–Kier alpha value is -1.16. The number of rotatable bonds is 5. The third kappa shape index (κ3) is 4.17. The van der Waals surface area contributed by atoms with Crippen LogP contribution in [-0.2, 0) is 0 Å². The molecule has 2 unspecified atom stereocenters. The van der Waals surface area contributed by atoms with E-state index in [9.17, 15) is 4.39 Å². The third-order valence-electron chi connectivity index (χ3n) is 4.16. The van der Waals surface area contributed by atoms with Crippen LogP contribution in [0.25, 0.3) is 0 Å². The Kier molecular flexibility index (Phi) is 5.35. The minimum absolute atomic E-state index is 0.235. The van der Waals surface area contributed by atoms with Crippen LogP contribution >= 0.6 is 12.2 Å². The molecule has 2 nitrogen and oxygen atoms in total. The summed E-state index contributed by atoms with van der Waals surface area (Å²) in [4.78, 5) is 0.235. The maximum absolute atomic E-state index is 13.2. The standard InChI is InChI=1S/C16H23FN2S/c1-11-3-2-4-12(9-11)7-8-19-15-6-5-13(17)10-14(15)16(18)20/h5-6,10-12,19H,2-4,7-9H2,1H3,(H2,18,20). The smallest absolute Gasteiger partial charge is 0.124 e. The van der Waals surface area contributed by atoms with Crippen LogP contribution in [0.4, 0.5) is 10.1 Å². The van der Waals surface area contributed by atoms with Crippen LogP contribution in [0.3, 0.4) is 0 Å². The van der Waals surface area contributed by atoms with E-state index in [0.29, 0.717) is 5.56 Å². The van der Waals surface area contributed by atoms with Crippen molar-refractivity contribution in [1.29, 1.82) is 0 Å². The Bertz CT molecular complexity index is 476. The van der Waals surface area contributed by atoms with Crippen LogP contribution in [0.1, 0.15) is 44.6 Å². The van der Waals surface area contributed by atoms with Crippen LogP contribution in [-0.4, -0.2) is 11.5 Å². The summed E-state index contributed by atoms with van der Waals surface area (Å²) in [6.07, 6.45) is 6.53. The predicted molar refractivity (Wildman–Crippen MR) is 86.5 cm³/mol. The second kappa shape index (κ2) is 7.02. The van der Waals surface area contributed by atoms with E-state index in [4.69, 9.17) is 18.0 Å². The molecule has 1 fully saturated rings. The fourth-order valence-electron chi connectivity index (χ4n) is 3.11. The first-order valence-electron chi connectivity index (χ1n) is 7.39. The van der Waals surface area contributed by atoms with Crippen molar-refractivity contribution in [2.45, 2.75) is 39.0 Å². The molecule has 0 saturated heterocycles. The summed E-state index contributed by atoms with van der Waals surface area (Å²) in [5.41, 5.74) is 7.07. The van der Waals surface area contributed by atoms with Gasteiger partial charge in [-0.1, -0.05) is 38.4 Å². The zero-order valence-electron chi connectivity index (χ0n) is 12.0. The molecule has 0 amide bonds. The second-order valence-electron chi connectivity index (χ2n) is 5.91. The summed E-state index contributed by atoms with van der Waals surface area (Å²) >= 11 is 4.97. The maximum Gasteiger partial charge on any atom is 0.124 e. The number of halogens is 1. The number of benzene rings is 1. The molecule has 1 aliphatic rings. The molecule has 1 saturated carbocycles. The lowest BCUT2D eigenvalue weighted by atomic mass is 9.81. The largest absolute Gasteiger partial charge is 0.389 e. The van der Waals surface area contributed by atoms with Gasteiger partial charge in [0.15, 0.2) is 0 Å². The number of hydrogen-bond donors (Lipinski definition) is 2. The van der Waals surface area contributed by atoms with E-state index in [-0.39, 0.29) is 10.8 Å². The first-order chi connectivity index (χ1) is 9.56. The second-order valence-corrected chi connectivity index (χ2v) is 6.35. The normalized spacial score (nSPS) is 22.5. The van der Waals surface area contributed by atoms with E-state index in [1.54, 1.807) is 6.07 Å². The molecule has 0 heterocycles. The first-order valence-corrected chi connectivity index (χ1v) is 7.80. The van der Waals surface area contributed by atoms with Crippen molar-refractivity contribution in [1.82, 2.24) is 0 Å². The van der Waals surface area contributed by atoms with Crippen molar-refractivity contribution in [2.75, 3.05) is 11.9 Å². The van der Waals surface area contributed by atoms with Crippen LogP contribution in [0.5, 0.6) is 0 Å². The molecular formula is C16H23FN2S.